The monoisotopic (exact) mass is 186 g/mol. The van der Waals surface area contributed by atoms with E-state index in [9.17, 15) is 4.79 Å². The minimum atomic E-state index is -2.47. The predicted molar refractivity (Wildman–Crippen MR) is 54.1 cm³/mol. The highest BCUT2D eigenvalue weighted by Crippen LogP contribution is 2.44. The average molecular weight is 186 g/mol. The van der Waals surface area contributed by atoms with Crippen molar-refractivity contribution in [3.63, 3.8) is 0 Å². The second kappa shape index (κ2) is 2.86. The van der Waals surface area contributed by atoms with Gasteiger partial charge in [-0.15, -0.1) is 0 Å². The summed E-state index contributed by atoms with van der Waals surface area (Å²) in [4.78, 5) is 12.3. The third-order valence-electron chi connectivity index (χ3n) is 2.62. The Bertz CT molecular complexity index is 412. The van der Waals surface area contributed by atoms with Crippen LogP contribution in [-0.4, -0.2) is 5.91 Å². The zero-order chi connectivity index (χ0) is 14.7. The second-order valence-electron chi connectivity index (χ2n) is 4.49. The number of carbonyl (C=O) groups excluding carboxylic acids is 1. The first-order chi connectivity index (χ1) is 7.73. The highest BCUT2D eigenvalue weighted by molar-refractivity contribution is 5.85. The van der Waals surface area contributed by atoms with Gasteiger partial charge in [0.25, 0.3) is 0 Å². The maximum Gasteiger partial charge on any atom is 0.230 e. The Kier molecular flexibility index (Phi) is 1.14. The Hall–Kier alpha value is -0.790. The minimum Gasteiger partial charge on any atom is -0.330 e. The molecular weight excluding hydrogens is 162 g/mol. The molecule has 0 aliphatic carbocycles. The summed E-state index contributed by atoms with van der Waals surface area (Å²) in [5, 5.41) is 0.395. The third-order valence-corrected chi connectivity index (χ3v) is 2.62. The zero-order valence-corrected chi connectivity index (χ0v) is 8.56. The minimum absolute atomic E-state index is 0.395. The molecule has 74 valence electrons. The van der Waals surface area contributed by atoms with E-state index < -0.39 is 35.2 Å². The van der Waals surface area contributed by atoms with Crippen LogP contribution in [0.15, 0.2) is 12.3 Å². The molecule has 2 heteroatoms. The number of allylic oxidation sites excluding steroid dienone is 1. The molecule has 0 bridgehead atoms. The lowest BCUT2D eigenvalue weighted by molar-refractivity contribution is -0.137. The summed E-state index contributed by atoms with van der Waals surface area (Å²) in [6.45, 7) is 9.72. The fourth-order valence-electron chi connectivity index (χ4n) is 1.02. The molecule has 1 amide bonds. The van der Waals surface area contributed by atoms with Crippen LogP contribution in [0.25, 0.3) is 0 Å². The first-order valence-electron chi connectivity index (χ1n) is 6.70. The molecule has 0 saturated carbocycles. The number of piperidine rings is 1. The van der Waals surface area contributed by atoms with Gasteiger partial charge in [-0.3, -0.25) is 4.79 Å². The van der Waals surface area contributed by atoms with E-state index in [1.54, 1.807) is 20.8 Å². The van der Waals surface area contributed by atoms with Crippen LogP contribution in [0.1, 0.15) is 45.9 Å². The zero-order valence-electron chi connectivity index (χ0n) is 13.6. The van der Waals surface area contributed by atoms with Crippen LogP contribution < -0.4 is 5.31 Å². The molecule has 1 rings (SSSR count). The van der Waals surface area contributed by atoms with Gasteiger partial charge in [0.2, 0.25) is 5.91 Å². The van der Waals surface area contributed by atoms with E-state index in [4.69, 9.17) is 6.89 Å². The third kappa shape index (κ3) is 1.62. The predicted octanol–water partition coefficient (Wildman–Crippen LogP) is 2.46. The van der Waals surface area contributed by atoms with Crippen LogP contribution >= 0.6 is 0 Å². The Labute approximate surface area is 87.5 Å². The Balaban J connectivity index is 3.61. The first-order valence-corrected chi connectivity index (χ1v) is 4.25. The van der Waals surface area contributed by atoms with Gasteiger partial charge in [-0.2, -0.15) is 0 Å². The summed E-state index contributed by atoms with van der Waals surface area (Å²) < 4.78 is 39.5. The fourth-order valence-corrected chi connectivity index (χ4v) is 1.02. The van der Waals surface area contributed by atoms with Gasteiger partial charge in [0, 0.05) is 11.2 Å². The van der Waals surface area contributed by atoms with E-state index in [1.165, 1.54) is 6.92 Å². The van der Waals surface area contributed by atoms with Gasteiger partial charge in [0.05, 0.1) is 5.41 Å². The number of amides is 1. The van der Waals surface area contributed by atoms with Crippen LogP contribution in [-0.2, 0) is 4.79 Å². The standard InChI is InChI=1S/C11H19NO/c1-8-6-7-11(5,9(13)12-8)10(2,3)4/h1,6-7H2,2-5H3,(H,12,13)/i6D2,7D2/hD. The Morgan fingerprint density at radius 2 is 2.23 bits per heavy atom. The number of rotatable bonds is 0. The van der Waals surface area contributed by atoms with Crippen LogP contribution in [0.3, 0.4) is 0 Å². The van der Waals surface area contributed by atoms with Gasteiger partial charge in [-0.1, -0.05) is 34.3 Å². The van der Waals surface area contributed by atoms with Gasteiger partial charge < -0.3 is 5.31 Å². The molecule has 0 aromatic carbocycles. The molecular formula is C11H19NO. The largest absolute Gasteiger partial charge is 0.330 e. The van der Waals surface area contributed by atoms with E-state index in [1.807, 2.05) is 0 Å². The highest BCUT2D eigenvalue weighted by atomic mass is 16.2. The van der Waals surface area contributed by atoms with Crippen LogP contribution in [0.5, 0.6) is 0 Å². The average Bonchev–Trinajstić information content (AvgIpc) is 2.21. The van der Waals surface area contributed by atoms with Gasteiger partial charge >= 0.3 is 0 Å². The van der Waals surface area contributed by atoms with E-state index in [2.05, 4.69) is 6.58 Å². The summed E-state index contributed by atoms with van der Waals surface area (Å²) >= 11 is 0. The van der Waals surface area contributed by atoms with Crippen molar-refractivity contribution < 1.29 is 11.7 Å². The Morgan fingerprint density at radius 1 is 1.69 bits per heavy atom. The molecule has 1 N–H and O–H groups in total. The van der Waals surface area contributed by atoms with Crippen LogP contribution in [0, 0.1) is 10.8 Å². The normalized spacial score (nSPS) is 44.3. The first kappa shape index (κ1) is 5.18. The van der Waals surface area contributed by atoms with Crippen molar-refractivity contribution in [1.29, 1.82) is 0 Å². The summed E-state index contributed by atoms with van der Waals surface area (Å²) in [5.74, 6) is -0.764. The fraction of sp³-hybridized carbons (Fsp3) is 0.727. The topological polar surface area (TPSA) is 29.1 Å². The summed E-state index contributed by atoms with van der Waals surface area (Å²) in [6, 6.07) is 0. The van der Waals surface area contributed by atoms with E-state index in [0.29, 0.717) is 5.31 Å². The van der Waals surface area contributed by atoms with Crippen molar-refractivity contribution in [2.75, 3.05) is 0 Å². The maximum atomic E-state index is 12.3. The SMILES string of the molecule is [2H]N1C(=C)C([2H])([2H])C([2H])([2H])C(C)(C(C)(C)C)C1=O. The molecule has 13 heavy (non-hydrogen) atoms. The molecule has 1 atom stereocenters. The quantitative estimate of drug-likeness (QED) is 0.618. The van der Waals surface area contributed by atoms with Crippen molar-refractivity contribution >= 4 is 5.91 Å². The van der Waals surface area contributed by atoms with Crippen molar-refractivity contribution in [2.24, 2.45) is 10.8 Å². The molecule has 2 nitrogen and oxygen atoms in total. The number of carbonyl (C=O) groups is 1. The summed E-state index contributed by atoms with van der Waals surface area (Å²) in [7, 11) is 0. The second-order valence-corrected chi connectivity index (χ2v) is 4.49. The van der Waals surface area contributed by atoms with Crippen molar-refractivity contribution in [3.05, 3.63) is 12.3 Å². The van der Waals surface area contributed by atoms with Gasteiger partial charge in [-0.05, 0) is 18.2 Å². The van der Waals surface area contributed by atoms with Crippen molar-refractivity contribution in [3.8, 4) is 0 Å². The molecule has 0 aromatic heterocycles. The van der Waals surface area contributed by atoms with Crippen molar-refractivity contribution in [1.82, 2.24) is 5.31 Å². The van der Waals surface area contributed by atoms with Crippen molar-refractivity contribution in [2.45, 2.75) is 40.4 Å². The van der Waals surface area contributed by atoms with E-state index >= 15 is 0 Å². The number of hydrogen-bond acceptors (Lipinski definition) is 1. The van der Waals surface area contributed by atoms with Crippen LogP contribution in [0.2, 0.25) is 1.41 Å². The lowest BCUT2D eigenvalue weighted by Crippen LogP contribution is -2.49. The molecule has 1 heterocycles. The smallest absolute Gasteiger partial charge is 0.230 e. The molecule has 0 radical (unpaired) electrons. The molecule has 1 saturated heterocycles. The summed E-state index contributed by atoms with van der Waals surface area (Å²) in [5.41, 5.74) is -2.94. The molecule has 1 unspecified atom stereocenters. The van der Waals surface area contributed by atoms with Gasteiger partial charge in [-0.25, -0.2) is 0 Å². The maximum absolute atomic E-state index is 12.3. The number of nitrogens with one attached hydrogen (secondary N) is 1. The highest BCUT2D eigenvalue weighted by Gasteiger charge is 2.45. The lowest BCUT2D eigenvalue weighted by Gasteiger charge is -2.43. The molecule has 1 fully saturated rings. The van der Waals surface area contributed by atoms with E-state index in [-0.39, 0.29) is 0 Å². The summed E-state index contributed by atoms with van der Waals surface area (Å²) in [6.07, 6.45) is -4.91. The molecule has 1 aliphatic rings. The molecule has 0 aromatic rings. The molecule has 1 aliphatic heterocycles. The molecule has 0 spiro atoms. The Morgan fingerprint density at radius 3 is 2.69 bits per heavy atom. The van der Waals surface area contributed by atoms with Crippen LogP contribution in [0.4, 0.5) is 0 Å². The number of hydrogen-bond donors (Lipinski definition) is 1. The lowest BCUT2D eigenvalue weighted by atomic mass is 9.63. The van der Waals surface area contributed by atoms with E-state index in [0.717, 1.165) is 0 Å². The van der Waals surface area contributed by atoms with Gasteiger partial charge in [0.1, 0.15) is 0 Å². The van der Waals surface area contributed by atoms with Gasteiger partial charge in [0.15, 0.2) is 1.41 Å².